The second-order valence-electron chi connectivity index (χ2n) is 5.01. The highest BCUT2D eigenvalue weighted by molar-refractivity contribution is 5.31. The van der Waals surface area contributed by atoms with Crippen molar-refractivity contribution in [2.24, 2.45) is 5.73 Å². The minimum atomic E-state index is 0.629. The van der Waals surface area contributed by atoms with Gasteiger partial charge in [0.1, 0.15) is 0 Å². The molecule has 18 heavy (non-hydrogen) atoms. The monoisotopic (exact) mass is 248 g/mol. The average Bonchev–Trinajstić information content (AvgIpc) is 2.43. The summed E-state index contributed by atoms with van der Waals surface area (Å²) in [6, 6.07) is 0.629. The van der Waals surface area contributed by atoms with Gasteiger partial charge in [-0.25, -0.2) is 9.97 Å². The van der Waals surface area contributed by atoms with Crippen molar-refractivity contribution in [1.82, 2.24) is 9.97 Å². The van der Waals surface area contributed by atoms with Gasteiger partial charge in [0, 0.05) is 25.0 Å². The minimum absolute atomic E-state index is 0.629. The number of nitrogens with two attached hydrogens (primary N) is 1. The molecular formula is C14H24N4. The number of rotatable bonds is 5. The summed E-state index contributed by atoms with van der Waals surface area (Å²) in [5.41, 5.74) is 6.66. The van der Waals surface area contributed by atoms with E-state index in [1.54, 1.807) is 0 Å². The van der Waals surface area contributed by atoms with Gasteiger partial charge in [0.15, 0.2) is 0 Å². The van der Waals surface area contributed by atoms with E-state index in [2.05, 4.69) is 21.8 Å². The van der Waals surface area contributed by atoms with E-state index in [-0.39, 0.29) is 0 Å². The van der Waals surface area contributed by atoms with Crippen molar-refractivity contribution in [3.63, 3.8) is 0 Å². The summed E-state index contributed by atoms with van der Waals surface area (Å²) >= 11 is 0. The molecule has 0 amide bonds. The summed E-state index contributed by atoms with van der Waals surface area (Å²) < 4.78 is 0. The van der Waals surface area contributed by atoms with Crippen molar-refractivity contribution in [2.75, 3.05) is 18.0 Å². The molecule has 1 aromatic heterocycles. The lowest BCUT2D eigenvalue weighted by molar-refractivity contribution is 0.414. The fourth-order valence-electron chi connectivity index (χ4n) is 2.75. The predicted octanol–water partition coefficient (Wildman–Crippen LogP) is 2.14. The van der Waals surface area contributed by atoms with Gasteiger partial charge in [-0.1, -0.05) is 19.3 Å². The minimum Gasteiger partial charge on any atom is -0.338 e. The molecule has 1 heterocycles. The Morgan fingerprint density at radius 1 is 1.22 bits per heavy atom. The molecule has 0 radical (unpaired) electrons. The van der Waals surface area contributed by atoms with E-state index in [1.807, 2.05) is 12.4 Å². The first-order chi connectivity index (χ1) is 8.85. The fraction of sp³-hybridized carbons (Fsp3) is 0.714. The predicted molar refractivity (Wildman–Crippen MR) is 74.7 cm³/mol. The van der Waals surface area contributed by atoms with Crippen molar-refractivity contribution in [2.45, 2.75) is 51.5 Å². The summed E-state index contributed by atoms with van der Waals surface area (Å²) in [5, 5.41) is 0. The van der Waals surface area contributed by atoms with Gasteiger partial charge >= 0.3 is 0 Å². The molecule has 100 valence electrons. The number of nitrogens with zero attached hydrogens (tertiary/aromatic N) is 3. The Hall–Kier alpha value is -1.16. The zero-order valence-corrected chi connectivity index (χ0v) is 11.3. The van der Waals surface area contributed by atoms with Crippen LogP contribution in [0.15, 0.2) is 12.4 Å². The Labute approximate surface area is 110 Å². The average molecular weight is 248 g/mol. The molecular weight excluding hydrogens is 224 g/mol. The van der Waals surface area contributed by atoms with Crippen LogP contribution in [0, 0.1) is 0 Å². The first-order valence-electron chi connectivity index (χ1n) is 7.12. The largest absolute Gasteiger partial charge is 0.338 e. The molecule has 2 rings (SSSR count). The van der Waals surface area contributed by atoms with Gasteiger partial charge in [0.2, 0.25) is 5.95 Å². The number of hydrogen-bond donors (Lipinski definition) is 1. The topological polar surface area (TPSA) is 55.0 Å². The van der Waals surface area contributed by atoms with Crippen molar-refractivity contribution >= 4 is 5.95 Å². The first-order valence-corrected chi connectivity index (χ1v) is 7.12. The first kappa shape index (κ1) is 13.3. The fourth-order valence-corrected chi connectivity index (χ4v) is 2.75. The van der Waals surface area contributed by atoms with Crippen LogP contribution in [0.5, 0.6) is 0 Å². The highest BCUT2D eigenvalue weighted by atomic mass is 15.3. The van der Waals surface area contributed by atoms with Gasteiger partial charge in [-0.05, 0) is 38.3 Å². The van der Waals surface area contributed by atoms with Crippen molar-refractivity contribution in [1.29, 1.82) is 0 Å². The van der Waals surface area contributed by atoms with Crippen LogP contribution in [0.25, 0.3) is 0 Å². The lowest BCUT2D eigenvalue weighted by Crippen LogP contribution is -2.37. The normalized spacial score (nSPS) is 16.8. The second-order valence-corrected chi connectivity index (χ2v) is 5.01. The molecule has 4 heteroatoms. The molecule has 0 spiro atoms. The SMILES string of the molecule is CCN(c1ncc(CCN)cn1)C1CCCCC1. The Morgan fingerprint density at radius 2 is 1.89 bits per heavy atom. The molecule has 1 fully saturated rings. The maximum Gasteiger partial charge on any atom is 0.225 e. The maximum absolute atomic E-state index is 5.54. The van der Waals surface area contributed by atoms with E-state index in [1.165, 1.54) is 32.1 Å². The van der Waals surface area contributed by atoms with Gasteiger partial charge in [0.25, 0.3) is 0 Å². The summed E-state index contributed by atoms with van der Waals surface area (Å²) in [6.07, 6.45) is 11.3. The van der Waals surface area contributed by atoms with Crippen LogP contribution in [0.1, 0.15) is 44.6 Å². The van der Waals surface area contributed by atoms with Crippen LogP contribution in [0.3, 0.4) is 0 Å². The Kier molecular flexibility index (Phi) is 4.93. The molecule has 4 nitrogen and oxygen atoms in total. The Bertz CT molecular complexity index is 343. The molecule has 0 aromatic carbocycles. The lowest BCUT2D eigenvalue weighted by Gasteiger charge is -2.33. The van der Waals surface area contributed by atoms with Gasteiger partial charge in [-0.15, -0.1) is 0 Å². The highest BCUT2D eigenvalue weighted by Gasteiger charge is 2.21. The number of hydrogen-bond acceptors (Lipinski definition) is 4. The molecule has 1 aliphatic carbocycles. The van der Waals surface area contributed by atoms with Crippen LogP contribution in [-0.2, 0) is 6.42 Å². The summed E-state index contributed by atoms with van der Waals surface area (Å²) in [4.78, 5) is 11.4. The number of anilines is 1. The van der Waals surface area contributed by atoms with E-state index in [4.69, 9.17) is 5.73 Å². The molecule has 0 bridgehead atoms. The van der Waals surface area contributed by atoms with E-state index in [0.29, 0.717) is 12.6 Å². The van der Waals surface area contributed by atoms with Crippen LogP contribution in [-0.4, -0.2) is 29.1 Å². The van der Waals surface area contributed by atoms with Crippen LogP contribution < -0.4 is 10.6 Å². The Morgan fingerprint density at radius 3 is 2.44 bits per heavy atom. The zero-order valence-electron chi connectivity index (χ0n) is 11.3. The van der Waals surface area contributed by atoms with Crippen LogP contribution >= 0.6 is 0 Å². The van der Waals surface area contributed by atoms with Crippen LogP contribution in [0.4, 0.5) is 5.95 Å². The quantitative estimate of drug-likeness (QED) is 0.867. The van der Waals surface area contributed by atoms with Gasteiger partial charge < -0.3 is 10.6 Å². The maximum atomic E-state index is 5.54. The molecule has 2 N–H and O–H groups in total. The zero-order chi connectivity index (χ0) is 12.8. The van der Waals surface area contributed by atoms with E-state index in [9.17, 15) is 0 Å². The highest BCUT2D eigenvalue weighted by Crippen LogP contribution is 2.24. The van der Waals surface area contributed by atoms with Gasteiger partial charge in [0.05, 0.1) is 0 Å². The smallest absolute Gasteiger partial charge is 0.225 e. The molecule has 1 aromatic rings. The molecule has 0 saturated heterocycles. The van der Waals surface area contributed by atoms with Gasteiger partial charge in [-0.2, -0.15) is 0 Å². The van der Waals surface area contributed by atoms with Crippen LogP contribution in [0.2, 0.25) is 0 Å². The third kappa shape index (κ3) is 3.19. The summed E-state index contributed by atoms with van der Waals surface area (Å²) in [5.74, 6) is 0.880. The standard InChI is InChI=1S/C14H24N4/c1-2-18(13-6-4-3-5-7-13)14-16-10-12(8-9-15)11-17-14/h10-11,13H,2-9,15H2,1H3. The molecule has 0 unspecified atom stereocenters. The Balaban J connectivity index is 2.06. The van der Waals surface area contributed by atoms with Crippen molar-refractivity contribution in [3.8, 4) is 0 Å². The second kappa shape index (κ2) is 6.69. The third-order valence-electron chi connectivity index (χ3n) is 3.74. The molecule has 1 saturated carbocycles. The van der Waals surface area contributed by atoms with E-state index >= 15 is 0 Å². The summed E-state index contributed by atoms with van der Waals surface area (Å²) in [7, 11) is 0. The number of aromatic nitrogens is 2. The van der Waals surface area contributed by atoms with Gasteiger partial charge in [-0.3, -0.25) is 0 Å². The van der Waals surface area contributed by atoms with E-state index in [0.717, 1.165) is 24.5 Å². The van der Waals surface area contributed by atoms with Crippen molar-refractivity contribution in [3.05, 3.63) is 18.0 Å². The molecule has 0 aliphatic heterocycles. The van der Waals surface area contributed by atoms with E-state index < -0.39 is 0 Å². The van der Waals surface area contributed by atoms with Crippen molar-refractivity contribution < 1.29 is 0 Å². The summed E-state index contributed by atoms with van der Waals surface area (Å²) in [6.45, 7) is 3.83. The third-order valence-corrected chi connectivity index (χ3v) is 3.74. The lowest BCUT2D eigenvalue weighted by atomic mass is 9.94. The molecule has 1 aliphatic rings. The molecule has 0 atom stereocenters.